The van der Waals surface area contributed by atoms with Crippen LogP contribution in [-0.2, 0) is 13.1 Å². The van der Waals surface area contributed by atoms with E-state index in [1.165, 1.54) is 22.9 Å². The fourth-order valence-corrected chi connectivity index (χ4v) is 2.62. The van der Waals surface area contributed by atoms with Crippen molar-refractivity contribution in [1.29, 1.82) is 0 Å². The summed E-state index contributed by atoms with van der Waals surface area (Å²) in [7, 11) is 0. The fourth-order valence-electron chi connectivity index (χ4n) is 2.46. The molecule has 1 N–H and O–H groups in total. The van der Waals surface area contributed by atoms with E-state index in [2.05, 4.69) is 62.8 Å². The molecule has 0 aliphatic heterocycles. The van der Waals surface area contributed by atoms with E-state index in [4.69, 9.17) is 11.6 Å². The molecule has 0 amide bonds. The topological polar surface area (TPSA) is 17.0 Å². The Balaban J connectivity index is 2.37. The maximum atomic E-state index is 6.19. The van der Waals surface area contributed by atoms with Crippen molar-refractivity contribution in [3.8, 4) is 0 Å². The molecule has 1 unspecified atom stereocenters. The van der Waals surface area contributed by atoms with E-state index in [1.54, 1.807) is 0 Å². The molecule has 0 aliphatic rings. The number of nitrogens with zero attached hydrogens (tertiary/aromatic N) is 1. The van der Waals surface area contributed by atoms with E-state index in [9.17, 15) is 0 Å². The summed E-state index contributed by atoms with van der Waals surface area (Å²) in [5.74, 6) is 0.669. The Morgan fingerprint density at radius 2 is 2.00 bits per heavy atom. The molecule has 1 heterocycles. The number of fused-ring (bicyclic) bond motifs is 1. The molecular weight excluding hydrogens is 280 g/mol. The molecule has 116 valence electrons. The highest BCUT2D eigenvalue weighted by Crippen LogP contribution is 2.26. The Morgan fingerprint density at radius 1 is 1.29 bits per heavy atom. The lowest BCUT2D eigenvalue weighted by molar-refractivity contribution is 0.424. The number of nitrogens with one attached hydrogen (secondary N) is 1. The van der Waals surface area contributed by atoms with Gasteiger partial charge in [0.25, 0.3) is 0 Å². The van der Waals surface area contributed by atoms with E-state index < -0.39 is 0 Å². The first kappa shape index (κ1) is 16.4. The van der Waals surface area contributed by atoms with Crippen molar-refractivity contribution in [3.05, 3.63) is 35.0 Å². The Morgan fingerprint density at radius 3 is 2.62 bits per heavy atom. The quantitative estimate of drug-likeness (QED) is 0.800. The summed E-state index contributed by atoms with van der Waals surface area (Å²) in [6.07, 6.45) is 3.47. The molecule has 0 aliphatic carbocycles. The van der Waals surface area contributed by atoms with Gasteiger partial charge in [0.1, 0.15) is 0 Å². The van der Waals surface area contributed by atoms with E-state index in [1.807, 2.05) is 6.07 Å². The zero-order valence-corrected chi connectivity index (χ0v) is 14.6. The molecule has 2 aromatic rings. The zero-order chi connectivity index (χ0) is 15.6. The van der Waals surface area contributed by atoms with Crippen LogP contribution < -0.4 is 5.32 Å². The summed E-state index contributed by atoms with van der Waals surface area (Å²) in [6.45, 7) is 13.1. The summed E-state index contributed by atoms with van der Waals surface area (Å²) in [4.78, 5) is 0. The molecule has 0 fully saturated rings. The lowest BCUT2D eigenvalue weighted by Crippen LogP contribution is -2.35. The first-order valence-electron chi connectivity index (χ1n) is 7.82. The summed E-state index contributed by atoms with van der Waals surface area (Å²) < 4.78 is 2.36. The highest BCUT2D eigenvalue weighted by molar-refractivity contribution is 6.31. The molecule has 1 atom stereocenters. The molecule has 0 saturated heterocycles. The molecule has 0 spiro atoms. The van der Waals surface area contributed by atoms with Crippen molar-refractivity contribution >= 4 is 22.5 Å². The minimum absolute atomic E-state index is 0.123. The maximum absolute atomic E-state index is 6.19. The van der Waals surface area contributed by atoms with Gasteiger partial charge in [-0.05, 0) is 44.4 Å². The van der Waals surface area contributed by atoms with Gasteiger partial charge in [0, 0.05) is 40.8 Å². The second-order valence-electron chi connectivity index (χ2n) is 7.09. The van der Waals surface area contributed by atoms with Crippen LogP contribution in [-0.4, -0.2) is 10.1 Å². The molecule has 2 nitrogen and oxygen atoms in total. The fraction of sp³-hybridized carbons (Fsp3) is 0.556. The van der Waals surface area contributed by atoms with Crippen molar-refractivity contribution in [3.63, 3.8) is 0 Å². The average Bonchev–Trinajstić information content (AvgIpc) is 2.73. The number of benzene rings is 1. The molecule has 3 heteroatoms. The van der Waals surface area contributed by atoms with Crippen molar-refractivity contribution in [2.75, 3.05) is 0 Å². The highest BCUT2D eigenvalue weighted by Gasteiger charge is 2.14. The third-order valence-corrected chi connectivity index (χ3v) is 4.18. The number of aromatic nitrogens is 1. The predicted octanol–water partition coefficient (Wildman–Crippen LogP) is 5.23. The second-order valence-corrected chi connectivity index (χ2v) is 7.52. The summed E-state index contributed by atoms with van der Waals surface area (Å²) in [5.41, 5.74) is 2.71. The van der Waals surface area contributed by atoms with Crippen LogP contribution in [0.2, 0.25) is 5.02 Å². The third kappa shape index (κ3) is 4.24. The van der Waals surface area contributed by atoms with Gasteiger partial charge in [-0.3, -0.25) is 0 Å². The number of rotatable bonds is 5. The average molecular weight is 307 g/mol. The van der Waals surface area contributed by atoms with Gasteiger partial charge in [0.2, 0.25) is 0 Å². The second kappa shape index (κ2) is 6.41. The van der Waals surface area contributed by atoms with Crippen LogP contribution in [0, 0.1) is 5.92 Å². The molecule has 0 radical (unpaired) electrons. The molecule has 21 heavy (non-hydrogen) atoms. The van der Waals surface area contributed by atoms with Crippen molar-refractivity contribution in [2.24, 2.45) is 5.92 Å². The van der Waals surface area contributed by atoms with Crippen LogP contribution in [0.1, 0.15) is 46.6 Å². The lowest BCUT2D eigenvalue weighted by atomic mass is 10.1. The third-order valence-electron chi connectivity index (χ3n) is 3.94. The first-order valence-corrected chi connectivity index (χ1v) is 8.20. The van der Waals surface area contributed by atoms with Crippen LogP contribution in [0.25, 0.3) is 10.9 Å². The zero-order valence-electron chi connectivity index (χ0n) is 13.8. The molecule has 1 aromatic carbocycles. The standard InChI is InChI=1S/C18H27ClN2/c1-6-13(2)11-21-12-14(10-20-18(3,4)5)16-8-7-15(19)9-17(16)21/h7-9,12-13,20H,6,10-11H2,1-5H3. The summed E-state index contributed by atoms with van der Waals surface area (Å²) >= 11 is 6.19. The van der Waals surface area contributed by atoms with Gasteiger partial charge in [0.05, 0.1) is 0 Å². The van der Waals surface area contributed by atoms with Gasteiger partial charge in [-0.2, -0.15) is 0 Å². The Bertz CT molecular complexity index is 607. The smallest absolute Gasteiger partial charge is 0.0498 e. The Hall–Kier alpha value is -0.990. The van der Waals surface area contributed by atoms with Crippen LogP contribution in [0.4, 0.5) is 0 Å². The maximum Gasteiger partial charge on any atom is 0.0498 e. The van der Waals surface area contributed by atoms with Crippen molar-refractivity contribution < 1.29 is 0 Å². The van der Waals surface area contributed by atoms with E-state index >= 15 is 0 Å². The minimum Gasteiger partial charge on any atom is -0.347 e. The SMILES string of the molecule is CCC(C)Cn1cc(CNC(C)(C)C)c2ccc(Cl)cc21. The predicted molar refractivity (Wildman–Crippen MR) is 93.0 cm³/mol. The Labute approximate surface area is 133 Å². The van der Waals surface area contributed by atoms with Gasteiger partial charge in [0.15, 0.2) is 0 Å². The van der Waals surface area contributed by atoms with Gasteiger partial charge < -0.3 is 9.88 Å². The van der Waals surface area contributed by atoms with E-state index in [0.29, 0.717) is 5.92 Å². The molecule has 0 saturated carbocycles. The molecular formula is C18H27ClN2. The van der Waals surface area contributed by atoms with Gasteiger partial charge in [-0.15, -0.1) is 0 Å². The van der Waals surface area contributed by atoms with E-state index in [0.717, 1.165) is 18.1 Å². The minimum atomic E-state index is 0.123. The number of halogens is 1. The summed E-state index contributed by atoms with van der Waals surface area (Å²) in [6, 6.07) is 6.21. The first-order chi connectivity index (χ1) is 9.80. The van der Waals surface area contributed by atoms with Crippen LogP contribution in [0.5, 0.6) is 0 Å². The molecule has 1 aromatic heterocycles. The van der Waals surface area contributed by atoms with Gasteiger partial charge in [-0.1, -0.05) is 37.9 Å². The normalized spacial score (nSPS) is 13.8. The molecule has 2 rings (SSSR count). The Kier molecular flexibility index (Phi) is 5.00. The van der Waals surface area contributed by atoms with E-state index in [-0.39, 0.29) is 5.54 Å². The summed E-state index contributed by atoms with van der Waals surface area (Å²) in [5, 5.41) is 5.69. The van der Waals surface area contributed by atoms with Crippen molar-refractivity contribution in [1.82, 2.24) is 9.88 Å². The van der Waals surface area contributed by atoms with Crippen LogP contribution in [0.15, 0.2) is 24.4 Å². The lowest BCUT2D eigenvalue weighted by Gasteiger charge is -2.20. The molecule has 0 bridgehead atoms. The van der Waals surface area contributed by atoms with Crippen LogP contribution in [0.3, 0.4) is 0 Å². The number of hydrogen-bond acceptors (Lipinski definition) is 1. The highest BCUT2D eigenvalue weighted by atomic mass is 35.5. The van der Waals surface area contributed by atoms with Crippen LogP contribution >= 0.6 is 11.6 Å². The monoisotopic (exact) mass is 306 g/mol. The van der Waals surface area contributed by atoms with Gasteiger partial charge >= 0.3 is 0 Å². The van der Waals surface area contributed by atoms with Gasteiger partial charge in [-0.25, -0.2) is 0 Å². The number of hydrogen-bond donors (Lipinski definition) is 1. The largest absolute Gasteiger partial charge is 0.347 e. The van der Waals surface area contributed by atoms with Crippen molar-refractivity contribution in [2.45, 2.75) is 59.7 Å².